The number of nitrogens with zero attached hydrogens (tertiary/aromatic N) is 5. The highest BCUT2D eigenvalue weighted by atomic mass is 16.5. The highest BCUT2D eigenvalue weighted by Crippen LogP contribution is 2.22. The molecule has 0 radical (unpaired) electrons. The molecule has 0 amide bonds. The summed E-state index contributed by atoms with van der Waals surface area (Å²) in [6, 6.07) is 8.22. The van der Waals surface area contributed by atoms with Crippen LogP contribution in [0.15, 0.2) is 33.8 Å². The van der Waals surface area contributed by atoms with Gasteiger partial charge in [-0.25, -0.2) is 0 Å². The van der Waals surface area contributed by atoms with Crippen molar-refractivity contribution in [1.82, 2.24) is 20.4 Å². The maximum atomic E-state index is 5.34. The fraction of sp³-hybridized carbons (Fsp3) is 0.526. The third-order valence-corrected chi connectivity index (χ3v) is 4.49. The van der Waals surface area contributed by atoms with Gasteiger partial charge in [0.05, 0.1) is 13.7 Å². The molecule has 0 atom stereocenters. The summed E-state index contributed by atoms with van der Waals surface area (Å²) in [6.07, 6.45) is 0.652. The average Bonchev–Trinajstić information content (AvgIpc) is 3.12. The number of piperazine rings is 1. The number of methoxy groups -OCH3 is 1. The second-order valence-corrected chi connectivity index (χ2v) is 6.40. The minimum absolute atomic E-state index is 0.625. The second kappa shape index (κ2) is 9.25. The SMILES string of the molecule is CCNC(=NCCc1nc(C)no1)N1CCN(c2cccc(OC)c2)CC1. The summed E-state index contributed by atoms with van der Waals surface area (Å²) in [5.74, 6) is 3.13. The Hall–Kier alpha value is -2.77. The number of guanidine groups is 1. The van der Waals surface area contributed by atoms with Crippen LogP contribution in [0.1, 0.15) is 18.6 Å². The molecule has 27 heavy (non-hydrogen) atoms. The Morgan fingerprint density at radius 3 is 2.78 bits per heavy atom. The number of benzene rings is 1. The highest BCUT2D eigenvalue weighted by Gasteiger charge is 2.20. The Kier molecular flexibility index (Phi) is 6.51. The van der Waals surface area contributed by atoms with Crippen molar-refractivity contribution in [2.45, 2.75) is 20.3 Å². The fourth-order valence-corrected chi connectivity index (χ4v) is 3.11. The van der Waals surface area contributed by atoms with E-state index in [1.54, 1.807) is 7.11 Å². The smallest absolute Gasteiger partial charge is 0.228 e. The lowest BCUT2D eigenvalue weighted by Crippen LogP contribution is -2.52. The van der Waals surface area contributed by atoms with E-state index in [2.05, 4.69) is 44.3 Å². The van der Waals surface area contributed by atoms with E-state index >= 15 is 0 Å². The molecule has 146 valence electrons. The molecule has 1 fully saturated rings. The van der Waals surface area contributed by atoms with Gasteiger partial charge in [0.1, 0.15) is 5.75 Å². The van der Waals surface area contributed by atoms with Crippen LogP contribution >= 0.6 is 0 Å². The van der Waals surface area contributed by atoms with Crippen molar-refractivity contribution in [3.05, 3.63) is 36.0 Å². The molecule has 3 rings (SSSR count). The van der Waals surface area contributed by atoms with Gasteiger partial charge in [-0.1, -0.05) is 11.2 Å². The molecule has 2 aromatic rings. The summed E-state index contributed by atoms with van der Waals surface area (Å²) in [5, 5.41) is 7.20. The minimum Gasteiger partial charge on any atom is -0.497 e. The van der Waals surface area contributed by atoms with Gasteiger partial charge in [0.15, 0.2) is 11.8 Å². The van der Waals surface area contributed by atoms with Crippen LogP contribution in [0.5, 0.6) is 5.75 Å². The van der Waals surface area contributed by atoms with Crippen LogP contribution in [0, 0.1) is 6.92 Å². The summed E-state index contributed by atoms with van der Waals surface area (Å²) in [7, 11) is 1.70. The Labute approximate surface area is 160 Å². The standard InChI is InChI=1S/C19H28N6O2/c1-4-20-19(21-9-8-18-22-15(2)23-27-18)25-12-10-24(11-13-25)16-6-5-7-17(14-16)26-3/h5-7,14H,4,8-13H2,1-3H3,(H,20,21). The highest BCUT2D eigenvalue weighted by molar-refractivity contribution is 5.80. The Balaban J connectivity index is 1.56. The lowest BCUT2D eigenvalue weighted by Gasteiger charge is -2.37. The summed E-state index contributed by atoms with van der Waals surface area (Å²) in [5.41, 5.74) is 1.20. The molecule has 1 aromatic heterocycles. The van der Waals surface area contributed by atoms with Crippen molar-refractivity contribution in [3.63, 3.8) is 0 Å². The number of ether oxygens (including phenoxy) is 1. The number of aromatic nitrogens is 2. The normalized spacial score (nSPS) is 15.1. The van der Waals surface area contributed by atoms with Crippen LogP contribution in [0.3, 0.4) is 0 Å². The number of nitrogens with one attached hydrogen (secondary N) is 1. The lowest BCUT2D eigenvalue weighted by molar-refractivity contribution is 0.367. The third kappa shape index (κ3) is 5.12. The van der Waals surface area contributed by atoms with Crippen molar-refractivity contribution in [2.75, 3.05) is 51.3 Å². The van der Waals surface area contributed by atoms with Gasteiger partial charge in [-0.05, 0) is 26.0 Å². The molecular formula is C19H28N6O2. The van der Waals surface area contributed by atoms with E-state index in [4.69, 9.17) is 14.3 Å². The quantitative estimate of drug-likeness (QED) is 0.611. The molecule has 0 spiro atoms. The third-order valence-electron chi connectivity index (χ3n) is 4.49. The topological polar surface area (TPSA) is 79.0 Å². The monoisotopic (exact) mass is 372 g/mol. The zero-order valence-corrected chi connectivity index (χ0v) is 16.3. The van der Waals surface area contributed by atoms with Gasteiger partial charge in [-0.2, -0.15) is 4.98 Å². The molecule has 0 bridgehead atoms. The number of rotatable bonds is 6. The van der Waals surface area contributed by atoms with E-state index in [9.17, 15) is 0 Å². The Bertz CT molecular complexity index is 752. The van der Waals surface area contributed by atoms with E-state index in [1.807, 2.05) is 19.1 Å². The number of aliphatic imine (C=N–C) groups is 1. The number of hydrogen-bond donors (Lipinski definition) is 1. The first-order valence-electron chi connectivity index (χ1n) is 9.41. The first kappa shape index (κ1) is 19.0. The molecule has 8 nitrogen and oxygen atoms in total. The van der Waals surface area contributed by atoms with Crippen LogP contribution in [0.2, 0.25) is 0 Å². The summed E-state index contributed by atoms with van der Waals surface area (Å²) < 4.78 is 10.5. The number of anilines is 1. The lowest BCUT2D eigenvalue weighted by atomic mass is 10.2. The molecule has 8 heteroatoms. The molecule has 1 saturated heterocycles. The van der Waals surface area contributed by atoms with Crippen LogP contribution in [0.4, 0.5) is 5.69 Å². The van der Waals surface area contributed by atoms with Gasteiger partial charge in [0.2, 0.25) is 5.89 Å². The molecular weight excluding hydrogens is 344 g/mol. The van der Waals surface area contributed by atoms with Crippen molar-refractivity contribution in [3.8, 4) is 5.75 Å². The van der Waals surface area contributed by atoms with Gasteiger partial charge in [0, 0.05) is 50.9 Å². The number of hydrogen-bond acceptors (Lipinski definition) is 6. The van der Waals surface area contributed by atoms with Crippen LogP contribution in [0.25, 0.3) is 0 Å². The van der Waals surface area contributed by atoms with Gasteiger partial charge in [-0.3, -0.25) is 4.99 Å². The molecule has 1 aromatic carbocycles. The van der Waals surface area contributed by atoms with E-state index in [1.165, 1.54) is 5.69 Å². The number of aryl methyl sites for hydroxylation is 1. The molecule has 1 aliphatic heterocycles. The molecule has 0 aliphatic carbocycles. The Morgan fingerprint density at radius 2 is 2.11 bits per heavy atom. The van der Waals surface area contributed by atoms with Crippen LogP contribution in [-0.4, -0.2) is 67.4 Å². The van der Waals surface area contributed by atoms with Crippen LogP contribution < -0.4 is 15.0 Å². The first-order valence-corrected chi connectivity index (χ1v) is 9.41. The van der Waals surface area contributed by atoms with Gasteiger partial charge < -0.3 is 24.4 Å². The van der Waals surface area contributed by atoms with E-state index in [0.717, 1.165) is 44.4 Å². The second-order valence-electron chi connectivity index (χ2n) is 6.40. The first-order chi connectivity index (χ1) is 13.2. The molecule has 1 aliphatic rings. The predicted octanol–water partition coefficient (Wildman–Crippen LogP) is 1.72. The summed E-state index contributed by atoms with van der Waals surface area (Å²) in [6.45, 7) is 9.10. The summed E-state index contributed by atoms with van der Waals surface area (Å²) in [4.78, 5) is 13.6. The van der Waals surface area contributed by atoms with Crippen molar-refractivity contribution in [1.29, 1.82) is 0 Å². The molecule has 0 saturated carbocycles. The van der Waals surface area contributed by atoms with E-state index < -0.39 is 0 Å². The maximum absolute atomic E-state index is 5.34. The van der Waals surface area contributed by atoms with E-state index in [-0.39, 0.29) is 0 Å². The van der Waals surface area contributed by atoms with Crippen molar-refractivity contribution < 1.29 is 9.26 Å². The zero-order valence-electron chi connectivity index (χ0n) is 16.3. The van der Waals surface area contributed by atoms with Gasteiger partial charge in [0.25, 0.3) is 0 Å². The van der Waals surface area contributed by atoms with E-state index in [0.29, 0.717) is 24.7 Å². The fourth-order valence-electron chi connectivity index (χ4n) is 3.11. The van der Waals surface area contributed by atoms with Gasteiger partial charge >= 0.3 is 0 Å². The maximum Gasteiger partial charge on any atom is 0.228 e. The molecule has 1 N–H and O–H groups in total. The van der Waals surface area contributed by atoms with Crippen molar-refractivity contribution in [2.24, 2.45) is 4.99 Å². The summed E-state index contributed by atoms with van der Waals surface area (Å²) >= 11 is 0. The molecule has 0 unspecified atom stereocenters. The van der Waals surface area contributed by atoms with Crippen LogP contribution in [-0.2, 0) is 6.42 Å². The average molecular weight is 372 g/mol. The Morgan fingerprint density at radius 1 is 1.30 bits per heavy atom. The van der Waals surface area contributed by atoms with Crippen molar-refractivity contribution >= 4 is 11.6 Å². The minimum atomic E-state index is 0.625. The predicted molar refractivity (Wildman–Crippen MR) is 105 cm³/mol. The van der Waals surface area contributed by atoms with Gasteiger partial charge in [-0.15, -0.1) is 0 Å². The molecule has 2 heterocycles. The zero-order chi connectivity index (χ0) is 19.1. The largest absolute Gasteiger partial charge is 0.497 e.